The number of H-pyrrole nitrogens is 1. The molecule has 0 aliphatic heterocycles. The first-order valence-corrected chi connectivity index (χ1v) is 8.28. The van der Waals surface area contributed by atoms with Crippen molar-refractivity contribution in [3.8, 4) is 11.8 Å². The van der Waals surface area contributed by atoms with Crippen LogP contribution in [0.15, 0.2) is 65.5 Å². The number of nitriles is 1. The first-order chi connectivity index (χ1) is 13.0. The average molecular weight is 359 g/mol. The summed E-state index contributed by atoms with van der Waals surface area (Å²) >= 11 is 0. The maximum absolute atomic E-state index is 12.3. The van der Waals surface area contributed by atoms with Crippen LogP contribution < -0.4 is 15.6 Å². The predicted molar refractivity (Wildman–Crippen MR) is 102 cm³/mol. The average Bonchev–Trinajstić information content (AvgIpc) is 2.66. The van der Waals surface area contributed by atoms with Crippen molar-refractivity contribution in [2.75, 3.05) is 5.32 Å². The number of rotatable bonds is 5. The minimum absolute atomic E-state index is 0.0419. The molecule has 0 aliphatic carbocycles. The second kappa shape index (κ2) is 8.02. The highest BCUT2D eigenvalue weighted by molar-refractivity contribution is 6.04. The van der Waals surface area contributed by atoms with Crippen molar-refractivity contribution in [1.29, 1.82) is 5.26 Å². The number of amides is 1. The van der Waals surface area contributed by atoms with Crippen molar-refractivity contribution in [1.82, 2.24) is 4.98 Å². The Balaban J connectivity index is 1.69. The molecule has 6 nitrogen and oxygen atoms in total. The number of nitrogens with one attached hydrogen (secondary N) is 2. The van der Waals surface area contributed by atoms with Crippen molar-refractivity contribution in [3.05, 3.63) is 93.4 Å². The number of carbonyl (C=O) groups excluding carboxylic acids is 1. The van der Waals surface area contributed by atoms with Gasteiger partial charge in [-0.1, -0.05) is 18.2 Å². The van der Waals surface area contributed by atoms with E-state index >= 15 is 0 Å². The highest BCUT2D eigenvalue weighted by atomic mass is 16.5. The van der Waals surface area contributed by atoms with Gasteiger partial charge in [0.25, 0.3) is 11.5 Å². The summed E-state index contributed by atoms with van der Waals surface area (Å²) in [7, 11) is 0. The molecule has 1 aromatic heterocycles. The topological polar surface area (TPSA) is 95.0 Å². The van der Waals surface area contributed by atoms with Crippen molar-refractivity contribution in [2.45, 2.75) is 13.5 Å². The summed E-state index contributed by atoms with van der Waals surface area (Å²) in [5.41, 5.74) is 2.25. The molecular weight excluding hydrogens is 342 g/mol. The molecule has 0 bridgehead atoms. The number of ether oxygens (including phenoxy) is 1. The summed E-state index contributed by atoms with van der Waals surface area (Å²) in [5, 5.41) is 11.6. The standard InChI is InChI=1S/C21H17N3O3/c1-14-8-9-19(20(25)23-14)21(26)24-17-6-3-7-18(11-17)27-13-16-5-2-4-15(10-16)12-22/h2-11H,13H2,1H3,(H,23,25)(H,24,26). The molecule has 2 aromatic carbocycles. The van der Waals surface area contributed by atoms with Gasteiger partial charge in [-0.25, -0.2) is 0 Å². The second-order valence-corrected chi connectivity index (χ2v) is 5.97. The molecule has 0 radical (unpaired) electrons. The Hall–Kier alpha value is -3.85. The molecule has 0 unspecified atom stereocenters. The minimum Gasteiger partial charge on any atom is -0.489 e. The summed E-state index contributed by atoms with van der Waals surface area (Å²) in [5.74, 6) is 0.0723. The number of carbonyl (C=O) groups is 1. The normalized spacial score (nSPS) is 10.1. The zero-order chi connectivity index (χ0) is 19.2. The van der Waals surface area contributed by atoms with E-state index in [2.05, 4.69) is 16.4 Å². The fourth-order valence-electron chi connectivity index (χ4n) is 2.51. The van der Waals surface area contributed by atoms with Gasteiger partial charge in [-0.15, -0.1) is 0 Å². The fourth-order valence-corrected chi connectivity index (χ4v) is 2.51. The first-order valence-electron chi connectivity index (χ1n) is 8.28. The van der Waals surface area contributed by atoms with Gasteiger partial charge < -0.3 is 15.0 Å². The Morgan fingerprint density at radius 2 is 1.96 bits per heavy atom. The molecule has 3 aromatic rings. The van der Waals surface area contributed by atoms with E-state index in [-0.39, 0.29) is 5.56 Å². The van der Waals surface area contributed by atoms with E-state index in [4.69, 9.17) is 10.00 Å². The summed E-state index contributed by atoms with van der Waals surface area (Å²) in [6.45, 7) is 2.04. The lowest BCUT2D eigenvalue weighted by atomic mass is 10.1. The number of nitrogens with zero attached hydrogens (tertiary/aromatic N) is 1. The van der Waals surface area contributed by atoms with Gasteiger partial charge in [-0.3, -0.25) is 9.59 Å². The molecule has 0 saturated heterocycles. The Morgan fingerprint density at radius 1 is 1.15 bits per heavy atom. The van der Waals surface area contributed by atoms with Crippen LogP contribution in [-0.4, -0.2) is 10.9 Å². The molecule has 134 valence electrons. The Morgan fingerprint density at radius 3 is 2.74 bits per heavy atom. The van der Waals surface area contributed by atoms with Gasteiger partial charge in [0.1, 0.15) is 17.9 Å². The fraction of sp³-hybridized carbons (Fsp3) is 0.0952. The lowest BCUT2D eigenvalue weighted by Crippen LogP contribution is -2.23. The second-order valence-electron chi connectivity index (χ2n) is 5.97. The van der Waals surface area contributed by atoms with Crippen LogP contribution in [0.2, 0.25) is 0 Å². The zero-order valence-corrected chi connectivity index (χ0v) is 14.7. The minimum atomic E-state index is -0.491. The smallest absolute Gasteiger partial charge is 0.261 e. The maximum atomic E-state index is 12.3. The van der Waals surface area contributed by atoms with Gasteiger partial charge in [0.05, 0.1) is 11.6 Å². The Bertz CT molecular complexity index is 1080. The van der Waals surface area contributed by atoms with E-state index in [1.165, 1.54) is 6.07 Å². The quantitative estimate of drug-likeness (QED) is 0.730. The molecule has 27 heavy (non-hydrogen) atoms. The van der Waals surface area contributed by atoms with Gasteiger partial charge in [0.2, 0.25) is 0 Å². The molecule has 6 heteroatoms. The molecule has 0 atom stereocenters. The highest BCUT2D eigenvalue weighted by Crippen LogP contribution is 2.19. The van der Waals surface area contributed by atoms with Crippen LogP contribution in [0.5, 0.6) is 5.75 Å². The number of benzene rings is 2. The molecule has 0 spiro atoms. The third-order valence-corrected chi connectivity index (χ3v) is 3.85. The van der Waals surface area contributed by atoms with Crippen LogP contribution in [0.25, 0.3) is 0 Å². The summed E-state index contributed by atoms with van der Waals surface area (Å²) < 4.78 is 5.73. The van der Waals surface area contributed by atoms with Crippen LogP contribution in [0.1, 0.15) is 27.2 Å². The van der Waals surface area contributed by atoms with Gasteiger partial charge in [0, 0.05) is 17.4 Å². The van der Waals surface area contributed by atoms with E-state index in [0.717, 1.165) is 5.56 Å². The molecule has 0 fully saturated rings. The number of hydrogen-bond donors (Lipinski definition) is 2. The number of aromatic nitrogens is 1. The molecule has 1 amide bonds. The summed E-state index contributed by atoms with van der Waals surface area (Å²) in [6, 6.07) is 19.3. The third kappa shape index (κ3) is 4.61. The van der Waals surface area contributed by atoms with Crippen molar-refractivity contribution in [3.63, 3.8) is 0 Å². The Labute approximate surface area is 156 Å². The number of anilines is 1. The van der Waals surface area contributed by atoms with Crippen LogP contribution in [-0.2, 0) is 6.61 Å². The number of pyridine rings is 1. The van der Waals surface area contributed by atoms with Crippen LogP contribution in [0.3, 0.4) is 0 Å². The summed E-state index contributed by atoms with van der Waals surface area (Å²) in [6.07, 6.45) is 0. The third-order valence-electron chi connectivity index (χ3n) is 3.85. The van der Waals surface area contributed by atoms with E-state index in [9.17, 15) is 9.59 Å². The van der Waals surface area contributed by atoms with E-state index in [0.29, 0.717) is 29.3 Å². The van der Waals surface area contributed by atoms with Gasteiger partial charge in [0.15, 0.2) is 0 Å². The molecule has 2 N–H and O–H groups in total. The monoisotopic (exact) mass is 359 g/mol. The van der Waals surface area contributed by atoms with Crippen molar-refractivity contribution >= 4 is 11.6 Å². The van der Waals surface area contributed by atoms with Crippen LogP contribution in [0, 0.1) is 18.3 Å². The van der Waals surface area contributed by atoms with E-state index in [1.54, 1.807) is 55.5 Å². The number of aromatic amines is 1. The summed E-state index contributed by atoms with van der Waals surface area (Å²) in [4.78, 5) is 26.8. The van der Waals surface area contributed by atoms with E-state index in [1.807, 2.05) is 6.07 Å². The lowest BCUT2D eigenvalue weighted by Gasteiger charge is -2.09. The molecular formula is C21H17N3O3. The molecule has 1 heterocycles. The van der Waals surface area contributed by atoms with Gasteiger partial charge >= 0.3 is 0 Å². The van der Waals surface area contributed by atoms with Gasteiger partial charge in [-0.2, -0.15) is 5.26 Å². The number of aryl methyl sites for hydroxylation is 1. The highest BCUT2D eigenvalue weighted by Gasteiger charge is 2.11. The molecule has 3 rings (SSSR count). The molecule has 0 aliphatic rings. The SMILES string of the molecule is Cc1ccc(C(=O)Nc2cccc(OCc3cccc(C#N)c3)c2)c(=O)[nH]1. The van der Waals surface area contributed by atoms with Crippen molar-refractivity contribution in [2.24, 2.45) is 0 Å². The van der Waals surface area contributed by atoms with Crippen molar-refractivity contribution < 1.29 is 9.53 Å². The van der Waals surface area contributed by atoms with E-state index < -0.39 is 11.5 Å². The Kier molecular flexibility index (Phi) is 5.33. The predicted octanol–water partition coefficient (Wildman–Crippen LogP) is 3.39. The molecule has 0 saturated carbocycles. The number of hydrogen-bond acceptors (Lipinski definition) is 4. The zero-order valence-electron chi connectivity index (χ0n) is 14.7. The maximum Gasteiger partial charge on any atom is 0.261 e. The lowest BCUT2D eigenvalue weighted by molar-refractivity contribution is 0.102. The first kappa shape index (κ1) is 18.0. The largest absolute Gasteiger partial charge is 0.489 e. The van der Waals surface area contributed by atoms with Crippen LogP contribution >= 0.6 is 0 Å². The van der Waals surface area contributed by atoms with Crippen LogP contribution in [0.4, 0.5) is 5.69 Å². The van der Waals surface area contributed by atoms with Gasteiger partial charge in [-0.05, 0) is 48.9 Å².